The molecule has 15 heavy (non-hydrogen) atoms. The standard InChI is InChI=1S/C10H12O5/c11-4-6-1-2-8(13)7(3-6)10(15)9(14)5-12/h1-4,9-10,12-15H,5H2. The molecule has 5 heteroatoms. The molecule has 2 unspecified atom stereocenters. The number of aromatic hydroxyl groups is 1. The van der Waals surface area contributed by atoms with Crippen LogP contribution in [0.2, 0.25) is 0 Å². The zero-order valence-corrected chi connectivity index (χ0v) is 7.87. The molecule has 2 atom stereocenters. The van der Waals surface area contributed by atoms with Gasteiger partial charge in [-0.25, -0.2) is 0 Å². The zero-order chi connectivity index (χ0) is 11.4. The van der Waals surface area contributed by atoms with Crippen LogP contribution in [0.5, 0.6) is 5.75 Å². The molecule has 1 aromatic rings. The van der Waals surface area contributed by atoms with E-state index < -0.39 is 18.8 Å². The summed E-state index contributed by atoms with van der Waals surface area (Å²) in [6, 6.07) is 3.88. The van der Waals surface area contributed by atoms with Crippen LogP contribution >= 0.6 is 0 Å². The first-order chi connectivity index (χ1) is 7.10. The van der Waals surface area contributed by atoms with Gasteiger partial charge in [0, 0.05) is 11.1 Å². The molecule has 0 heterocycles. The Bertz CT molecular complexity index is 350. The Kier molecular flexibility index (Phi) is 3.79. The second-order valence-electron chi connectivity index (χ2n) is 3.13. The Balaban J connectivity index is 3.06. The van der Waals surface area contributed by atoms with Crippen molar-refractivity contribution in [2.75, 3.05) is 6.61 Å². The monoisotopic (exact) mass is 212 g/mol. The fourth-order valence-corrected chi connectivity index (χ4v) is 1.19. The molecule has 1 aromatic carbocycles. The van der Waals surface area contributed by atoms with Crippen molar-refractivity contribution >= 4 is 6.29 Å². The van der Waals surface area contributed by atoms with Crippen LogP contribution in [0.4, 0.5) is 0 Å². The van der Waals surface area contributed by atoms with Gasteiger partial charge in [0.15, 0.2) is 0 Å². The highest BCUT2D eigenvalue weighted by atomic mass is 16.4. The fraction of sp³-hybridized carbons (Fsp3) is 0.300. The van der Waals surface area contributed by atoms with Crippen molar-refractivity contribution < 1.29 is 25.2 Å². The van der Waals surface area contributed by atoms with E-state index in [1.165, 1.54) is 18.2 Å². The highest BCUT2D eigenvalue weighted by molar-refractivity contribution is 5.75. The molecule has 0 aromatic heterocycles. The Hall–Kier alpha value is -1.43. The molecule has 0 fully saturated rings. The lowest BCUT2D eigenvalue weighted by Crippen LogP contribution is -2.22. The van der Waals surface area contributed by atoms with Gasteiger partial charge >= 0.3 is 0 Å². The maximum atomic E-state index is 10.5. The SMILES string of the molecule is O=Cc1ccc(O)c(C(O)C(O)CO)c1. The molecule has 0 saturated carbocycles. The minimum atomic E-state index is -1.42. The molecule has 0 aliphatic rings. The van der Waals surface area contributed by atoms with Crippen LogP contribution in [0.3, 0.4) is 0 Å². The summed E-state index contributed by atoms with van der Waals surface area (Å²) in [6.07, 6.45) is -2.26. The lowest BCUT2D eigenvalue weighted by Gasteiger charge is -2.17. The van der Waals surface area contributed by atoms with Gasteiger partial charge in [0.2, 0.25) is 0 Å². The van der Waals surface area contributed by atoms with Crippen molar-refractivity contribution in [3.8, 4) is 5.75 Å². The summed E-state index contributed by atoms with van der Waals surface area (Å²) in [5, 5.41) is 36.7. The number of hydrogen-bond donors (Lipinski definition) is 4. The molecule has 1 rings (SSSR count). The number of rotatable bonds is 4. The van der Waals surface area contributed by atoms with Crippen molar-refractivity contribution in [3.05, 3.63) is 29.3 Å². The van der Waals surface area contributed by atoms with Crippen molar-refractivity contribution in [2.45, 2.75) is 12.2 Å². The van der Waals surface area contributed by atoms with Crippen LogP contribution in [-0.4, -0.2) is 39.4 Å². The number of hydrogen-bond acceptors (Lipinski definition) is 5. The minimum absolute atomic E-state index is 0.0150. The van der Waals surface area contributed by atoms with E-state index in [0.29, 0.717) is 6.29 Å². The summed E-state index contributed by atoms with van der Waals surface area (Å²) in [5.74, 6) is -0.236. The average Bonchev–Trinajstić information content (AvgIpc) is 2.27. The lowest BCUT2D eigenvalue weighted by molar-refractivity contribution is -0.0162. The second kappa shape index (κ2) is 4.88. The number of benzene rings is 1. The molecule has 0 radical (unpaired) electrons. The molecule has 82 valence electrons. The highest BCUT2D eigenvalue weighted by Gasteiger charge is 2.20. The molecule has 4 N–H and O–H groups in total. The Labute approximate surface area is 86.2 Å². The summed E-state index contributed by atoms with van der Waals surface area (Å²) < 4.78 is 0. The van der Waals surface area contributed by atoms with E-state index in [0.717, 1.165) is 0 Å². The van der Waals surface area contributed by atoms with Crippen LogP contribution < -0.4 is 0 Å². The number of aliphatic hydroxyl groups is 3. The third-order valence-corrected chi connectivity index (χ3v) is 2.06. The van der Waals surface area contributed by atoms with Gasteiger partial charge in [-0.05, 0) is 18.2 Å². The van der Waals surface area contributed by atoms with Crippen LogP contribution in [0.15, 0.2) is 18.2 Å². The molecule has 5 nitrogen and oxygen atoms in total. The van der Waals surface area contributed by atoms with Crippen LogP contribution in [-0.2, 0) is 0 Å². The summed E-state index contributed by atoms with van der Waals surface area (Å²) in [5.41, 5.74) is 0.285. The van der Waals surface area contributed by atoms with Gasteiger partial charge in [-0.15, -0.1) is 0 Å². The predicted octanol–water partition coefficient (Wildman–Crippen LogP) is -0.409. The van der Waals surface area contributed by atoms with E-state index in [1.54, 1.807) is 0 Å². The number of carbonyl (C=O) groups is 1. The first kappa shape index (κ1) is 11.6. The molecule has 0 spiro atoms. The van der Waals surface area contributed by atoms with Crippen LogP contribution in [0, 0.1) is 0 Å². The second-order valence-corrected chi connectivity index (χ2v) is 3.13. The van der Waals surface area contributed by atoms with E-state index in [-0.39, 0.29) is 16.9 Å². The highest BCUT2D eigenvalue weighted by Crippen LogP contribution is 2.26. The molecule has 0 amide bonds. The molecule has 0 bridgehead atoms. The largest absolute Gasteiger partial charge is 0.508 e. The number of phenols is 1. The molecule has 0 saturated heterocycles. The Morgan fingerprint density at radius 1 is 1.33 bits per heavy atom. The first-order valence-electron chi connectivity index (χ1n) is 4.35. The third-order valence-electron chi connectivity index (χ3n) is 2.06. The molecular weight excluding hydrogens is 200 g/mol. The van der Waals surface area contributed by atoms with E-state index >= 15 is 0 Å². The van der Waals surface area contributed by atoms with Gasteiger partial charge in [0.1, 0.15) is 24.2 Å². The number of carbonyl (C=O) groups excluding carboxylic acids is 1. The average molecular weight is 212 g/mol. The van der Waals surface area contributed by atoms with Gasteiger partial charge < -0.3 is 20.4 Å². The predicted molar refractivity (Wildman–Crippen MR) is 51.5 cm³/mol. The van der Waals surface area contributed by atoms with E-state index in [2.05, 4.69) is 0 Å². The summed E-state index contributed by atoms with van der Waals surface area (Å²) in [4.78, 5) is 10.5. The number of aliphatic hydroxyl groups excluding tert-OH is 3. The van der Waals surface area contributed by atoms with E-state index in [4.69, 9.17) is 10.2 Å². The quantitative estimate of drug-likeness (QED) is 0.509. The van der Waals surface area contributed by atoms with Gasteiger partial charge in [0.25, 0.3) is 0 Å². The normalized spacial score (nSPS) is 14.6. The minimum Gasteiger partial charge on any atom is -0.508 e. The van der Waals surface area contributed by atoms with Gasteiger partial charge in [-0.2, -0.15) is 0 Å². The van der Waals surface area contributed by atoms with Crippen molar-refractivity contribution in [1.82, 2.24) is 0 Å². The number of phenolic OH excluding ortho intramolecular Hbond substituents is 1. The molecule has 0 aliphatic carbocycles. The van der Waals surface area contributed by atoms with Crippen molar-refractivity contribution in [2.24, 2.45) is 0 Å². The summed E-state index contributed by atoms with van der Waals surface area (Å²) in [7, 11) is 0. The Morgan fingerprint density at radius 3 is 2.53 bits per heavy atom. The van der Waals surface area contributed by atoms with E-state index in [9.17, 15) is 15.0 Å². The van der Waals surface area contributed by atoms with Crippen LogP contribution in [0.25, 0.3) is 0 Å². The van der Waals surface area contributed by atoms with Crippen molar-refractivity contribution in [1.29, 1.82) is 0 Å². The first-order valence-corrected chi connectivity index (χ1v) is 4.35. The summed E-state index contributed by atoms with van der Waals surface area (Å²) in [6.45, 7) is -0.633. The van der Waals surface area contributed by atoms with Crippen LogP contribution in [0.1, 0.15) is 22.0 Å². The van der Waals surface area contributed by atoms with Gasteiger partial charge in [0.05, 0.1) is 6.61 Å². The fourth-order valence-electron chi connectivity index (χ4n) is 1.19. The van der Waals surface area contributed by atoms with E-state index in [1.807, 2.05) is 0 Å². The lowest BCUT2D eigenvalue weighted by atomic mass is 10.0. The molecule has 0 aliphatic heterocycles. The third kappa shape index (κ3) is 2.53. The van der Waals surface area contributed by atoms with Gasteiger partial charge in [-0.1, -0.05) is 0 Å². The zero-order valence-electron chi connectivity index (χ0n) is 7.87. The smallest absolute Gasteiger partial charge is 0.150 e. The van der Waals surface area contributed by atoms with Crippen molar-refractivity contribution in [3.63, 3.8) is 0 Å². The van der Waals surface area contributed by atoms with Gasteiger partial charge in [-0.3, -0.25) is 4.79 Å². The maximum Gasteiger partial charge on any atom is 0.150 e. The summed E-state index contributed by atoms with van der Waals surface area (Å²) >= 11 is 0. The topological polar surface area (TPSA) is 98.0 Å². The maximum absolute atomic E-state index is 10.5. The number of aldehydes is 1. The molecular formula is C10H12O5. The Morgan fingerprint density at radius 2 is 2.00 bits per heavy atom.